The lowest BCUT2D eigenvalue weighted by Crippen LogP contribution is -2.28. The Labute approximate surface area is 149 Å². The van der Waals surface area contributed by atoms with Crippen LogP contribution in [0.15, 0.2) is 45.7 Å². The Hall–Kier alpha value is -1.56. The zero-order chi connectivity index (χ0) is 16.4. The molecule has 0 bridgehead atoms. The summed E-state index contributed by atoms with van der Waals surface area (Å²) in [6, 6.07) is 11.1. The fourth-order valence-electron chi connectivity index (χ4n) is 2.27. The van der Waals surface area contributed by atoms with Gasteiger partial charge in [0.15, 0.2) is 0 Å². The maximum absolute atomic E-state index is 12.3. The van der Waals surface area contributed by atoms with E-state index in [4.69, 9.17) is 28.2 Å². The number of hydrogen-bond donors (Lipinski definition) is 0. The minimum absolute atomic E-state index is 0.0532. The zero-order valence-electron chi connectivity index (χ0n) is 12.4. The first kappa shape index (κ1) is 16.3. The maximum atomic E-state index is 12.3. The van der Waals surface area contributed by atoms with Crippen molar-refractivity contribution in [3.8, 4) is 11.3 Å². The molecular formula is C17H14ClNO2S2. The summed E-state index contributed by atoms with van der Waals surface area (Å²) in [6.45, 7) is 2.67. The Morgan fingerprint density at radius 3 is 2.91 bits per heavy atom. The molecule has 3 nitrogen and oxygen atoms in total. The number of benzene rings is 1. The molecule has 0 unspecified atom stereocenters. The Balaban J connectivity index is 1.84. The van der Waals surface area contributed by atoms with Crippen LogP contribution in [0.1, 0.15) is 19.1 Å². The van der Waals surface area contributed by atoms with Crippen LogP contribution in [0, 0.1) is 0 Å². The smallest absolute Gasteiger partial charge is 0.266 e. The SMILES string of the molecule is CCCN1C(=O)/C(=C/c2ccc(-c3cccc(Cl)c3)o2)SC1=S. The highest BCUT2D eigenvalue weighted by Crippen LogP contribution is 2.33. The first-order valence-corrected chi connectivity index (χ1v) is 8.80. The van der Waals surface area contributed by atoms with E-state index < -0.39 is 0 Å². The van der Waals surface area contributed by atoms with Gasteiger partial charge in [0.05, 0.1) is 4.91 Å². The summed E-state index contributed by atoms with van der Waals surface area (Å²) in [5.74, 6) is 1.28. The molecular weight excluding hydrogens is 350 g/mol. The van der Waals surface area contributed by atoms with Gasteiger partial charge in [-0.2, -0.15) is 0 Å². The number of furan rings is 1. The van der Waals surface area contributed by atoms with Gasteiger partial charge in [-0.05, 0) is 30.7 Å². The lowest BCUT2D eigenvalue weighted by molar-refractivity contribution is -0.122. The molecule has 1 amide bonds. The van der Waals surface area contributed by atoms with Gasteiger partial charge < -0.3 is 4.42 Å². The zero-order valence-corrected chi connectivity index (χ0v) is 14.8. The maximum Gasteiger partial charge on any atom is 0.266 e. The molecule has 23 heavy (non-hydrogen) atoms. The minimum atomic E-state index is -0.0532. The van der Waals surface area contributed by atoms with Gasteiger partial charge >= 0.3 is 0 Å². The number of nitrogens with zero attached hydrogens (tertiary/aromatic N) is 1. The molecule has 0 atom stereocenters. The van der Waals surface area contributed by atoms with E-state index in [0.29, 0.717) is 32.3 Å². The van der Waals surface area contributed by atoms with Crippen LogP contribution in [0.25, 0.3) is 17.4 Å². The quantitative estimate of drug-likeness (QED) is 0.551. The predicted octanol–water partition coefficient (Wildman–Crippen LogP) is 5.21. The molecule has 118 valence electrons. The Morgan fingerprint density at radius 1 is 1.35 bits per heavy atom. The van der Waals surface area contributed by atoms with Crippen LogP contribution >= 0.6 is 35.6 Å². The lowest BCUT2D eigenvalue weighted by Gasteiger charge is -2.11. The highest BCUT2D eigenvalue weighted by molar-refractivity contribution is 8.26. The highest BCUT2D eigenvalue weighted by atomic mass is 35.5. The summed E-state index contributed by atoms with van der Waals surface area (Å²) in [5.41, 5.74) is 0.899. The minimum Gasteiger partial charge on any atom is -0.457 e. The predicted molar refractivity (Wildman–Crippen MR) is 99.3 cm³/mol. The van der Waals surface area contributed by atoms with E-state index in [2.05, 4.69) is 0 Å². The van der Waals surface area contributed by atoms with Crippen molar-refractivity contribution in [1.29, 1.82) is 0 Å². The van der Waals surface area contributed by atoms with Crippen LogP contribution in [-0.2, 0) is 4.79 Å². The summed E-state index contributed by atoms with van der Waals surface area (Å²) in [7, 11) is 0. The molecule has 0 saturated carbocycles. The van der Waals surface area contributed by atoms with Gasteiger partial charge in [0.25, 0.3) is 5.91 Å². The van der Waals surface area contributed by atoms with E-state index in [1.807, 2.05) is 43.3 Å². The Morgan fingerprint density at radius 2 is 2.17 bits per heavy atom. The molecule has 3 rings (SSSR count). The normalized spacial score (nSPS) is 16.6. The van der Waals surface area contributed by atoms with Crippen LogP contribution < -0.4 is 0 Å². The third-order valence-electron chi connectivity index (χ3n) is 3.33. The number of carbonyl (C=O) groups is 1. The Kier molecular flexibility index (Phi) is 4.90. The van der Waals surface area contributed by atoms with Crippen molar-refractivity contribution in [3.05, 3.63) is 52.1 Å². The topological polar surface area (TPSA) is 33.5 Å². The molecule has 0 spiro atoms. The van der Waals surface area contributed by atoms with Crippen LogP contribution in [0.4, 0.5) is 0 Å². The third kappa shape index (κ3) is 3.52. The van der Waals surface area contributed by atoms with Gasteiger partial charge in [-0.25, -0.2) is 0 Å². The van der Waals surface area contributed by atoms with Crippen LogP contribution in [0.5, 0.6) is 0 Å². The lowest BCUT2D eigenvalue weighted by atomic mass is 10.2. The van der Waals surface area contributed by atoms with Crippen molar-refractivity contribution in [1.82, 2.24) is 4.90 Å². The second-order valence-electron chi connectivity index (χ2n) is 5.05. The van der Waals surface area contributed by atoms with Crippen LogP contribution in [0.2, 0.25) is 5.02 Å². The fraction of sp³-hybridized carbons (Fsp3) is 0.176. The van der Waals surface area contributed by atoms with E-state index in [1.54, 1.807) is 11.0 Å². The van der Waals surface area contributed by atoms with E-state index in [1.165, 1.54) is 11.8 Å². The van der Waals surface area contributed by atoms with Crippen molar-refractivity contribution in [2.45, 2.75) is 13.3 Å². The standard InChI is InChI=1S/C17H14ClNO2S2/c1-2-8-19-16(20)15(23-17(19)22)10-13-6-7-14(21-13)11-4-3-5-12(18)9-11/h3-7,9-10H,2,8H2,1H3/b15-10-. The number of amides is 1. The van der Waals surface area contributed by atoms with Gasteiger partial charge in [-0.15, -0.1) is 0 Å². The van der Waals surface area contributed by atoms with E-state index in [9.17, 15) is 4.79 Å². The van der Waals surface area contributed by atoms with Crippen LogP contribution in [0.3, 0.4) is 0 Å². The van der Waals surface area contributed by atoms with Gasteiger partial charge in [-0.3, -0.25) is 9.69 Å². The number of carbonyl (C=O) groups excluding carboxylic acids is 1. The molecule has 2 aromatic rings. The fourth-order valence-corrected chi connectivity index (χ4v) is 3.75. The average molecular weight is 364 g/mol. The molecule has 0 N–H and O–H groups in total. The summed E-state index contributed by atoms with van der Waals surface area (Å²) >= 11 is 12.6. The van der Waals surface area contributed by atoms with Crippen molar-refractivity contribution in [3.63, 3.8) is 0 Å². The molecule has 2 heterocycles. The van der Waals surface area contributed by atoms with E-state index >= 15 is 0 Å². The number of rotatable bonds is 4. The van der Waals surface area contributed by atoms with E-state index in [-0.39, 0.29) is 5.91 Å². The summed E-state index contributed by atoms with van der Waals surface area (Å²) in [4.78, 5) is 14.5. The molecule has 1 aromatic heterocycles. The number of hydrogen-bond acceptors (Lipinski definition) is 4. The first-order valence-electron chi connectivity index (χ1n) is 7.19. The molecule has 1 aliphatic rings. The highest BCUT2D eigenvalue weighted by Gasteiger charge is 2.31. The molecule has 1 aliphatic heterocycles. The number of thioether (sulfide) groups is 1. The monoisotopic (exact) mass is 363 g/mol. The Bertz CT molecular complexity index is 797. The molecule has 1 aromatic carbocycles. The second kappa shape index (κ2) is 6.91. The van der Waals surface area contributed by atoms with Crippen molar-refractivity contribution < 1.29 is 9.21 Å². The summed E-state index contributed by atoms with van der Waals surface area (Å²) < 4.78 is 6.40. The molecule has 0 aliphatic carbocycles. The van der Waals surface area contributed by atoms with Gasteiger partial charge in [0, 0.05) is 23.2 Å². The van der Waals surface area contributed by atoms with Gasteiger partial charge in [0.2, 0.25) is 0 Å². The largest absolute Gasteiger partial charge is 0.457 e. The van der Waals surface area contributed by atoms with Gasteiger partial charge in [-0.1, -0.05) is 54.6 Å². The second-order valence-corrected chi connectivity index (χ2v) is 7.16. The molecule has 0 radical (unpaired) electrons. The van der Waals surface area contributed by atoms with Gasteiger partial charge in [0.1, 0.15) is 15.8 Å². The number of thiocarbonyl (C=S) groups is 1. The molecule has 1 fully saturated rings. The van der Waals surface area contributed by atoms with Crippen molar-refractivity contribution >= 4 is 51.9 Å². The number of halogens is 1. The van der Waals surface area contributed by atoms with Crippen molar-refractivity contribution in [2.24, 2.45) is 0 Å². The van der Waals surface area contributed by atoms with Crippen LogP contribution in [-0.4, -0.2) is 21.7 Å². The van der Waals surface area contributed by atoms with E-state index in [0.717, 1.165) is 12.0 Å². The first-order chi connectivity index (χ1) is 11.1. The summed E-state index contributed by atoms with van der Waals surface area (Å²) in [5, 5.41) is 0.654. The molecule has 6 heteroatoms. The van der Waals surface area contributed by atoms with Crippen molar-refractivity contribution in [2.75, 3.05) is 6.54 Å². The third-order valence-corrected chi connectivity index (χ3v) is 4.94. The molecule has 1 saturated heterocycles. The average Bonchev–Trinajstić information content (AvgIpc) is 3.09. The summed E-state index contributed by atoms with van der Waals surface area (Å²) in [6.07, 6.45) is 2.61.